The molecule has 1 atom stereocenters. The maximum atomic E-state index is 9.53. The van der Waals surface area contributed by atoms with E-state index in [-0.39, 0.29) is 6.61 Å². The quantitative estimate of drug-likeness (QED) is 0.329. The smallest absolute Gasteiger partial charge is 0.0724 e. The van der Waals surface area contributed by atoms with Crippen molar-refractivity contribution in [2.24, 2.45) is 0 Å². The summed E-state index contributed by atoms with van der Waals surface area (Å²) < 4.78 is 0. The normalized spacial score (nSPS) is 14.6. The minimum atomic E-state index is -0.459. The molecule has 0 radical (unpaired) electrons. The fraction of sp³-hybridized carbons (Fsp3) is 0.455. The van der Waals surface area contributed by atoms with Crippen molar-refractivity contribution in [2.75, 3.05) is 6.61 Å². The highest BCUT2D eigenvalue weighted by Crippen LogP contribution is 1.99. The summed E-state index contributed by atoms with van der Waals surface area (Å²) >= 11 is 0. The van der Waals surface area contributed by atoms with Crippen molar-refractivity contribution >= 4 is 0 Å². The van der Waals surface area contributed by atoms with E-state index in [1.165, 1.54) is 0 Å². The van der Waals surface area contributed by atoms with Crippen LogP contribution < -0.4 is 0 Å². The molecule has 1 unspecified atom stereocenters. The zero-order chi connectivity index (χ0) is 17.7. The molecule has 0 saturated carbocycles. The molecule has 0 saturated heterocycles. The van der Waals surface area contributed by atoms with E-state index in [1.807, 2.05) is 12.2 Å². The lowest BCUT2D eigenvalue weighted by molar-refractivity contribution is 0.190. The van der Waals surface area contributed by atoms with Crippen molar-refractivity contribution in [3.8, 4) is 0 Å². The van der Waals surface area contributed by atoms with Gasteiger partial charge in [-0.2, -0.15) is 0 Å². The fourth-order valence-corrected chi connectivity index (χ4v) is 1.90. The van der Waals surface area contributed by atoms with E-state index in [2.05, 4.69) is 61.6 Å². The third-order valence-corrected chi connectivity index (χ3v) is 3.23. The van der Waals surface area contributed by atoms with Gasteiger partial charge in [0, 0.05) is 6.61 Å². The Balaban J connectivity index is 3.61. The van der Waals surface area contributed by atoms with Crippen molar-refractivity contribution in [3.63, 3.8) is 0 Å². The molecule has 0 aromatic rings. The summed E-state index contributed by atoms with van der Waals surface area (Å²) in [5.41, 5.74) is 0. The second kappa shape index (κ2) is 19.4. The van der Waals surface area contributed by atoms with E-state index in [4.69, 9.17) is 5.11 Å². The molecule has 0 heterocycles. The molecule has 24 heavy (non-hydrogen) atoms. The average molecular weight is 331 g/mol. The molecule has 0 aliphatic rings. The second-order valence-corrected chi connectivity index (χ2v) is 5.48. The van der Waals surface area contributed by atoms with Gasteiger partial charge < -0.3 is 10.2 Å². The Labute approximate surface area is 148 Å². The van der Waals surface area contributed by atoms with Crippen LogP contribution in [-0.2, 0) is 0 Å². The maximum absolute atomic E-state index is 9.53. The highest BCUT2D eigenvalue weighted by molar-refractivity contribution is 5.07. The lowest BCUT2D eigenvalue weighted by Crippen LogP contribution is -2.02. The first-order valence-electron chi connectivity index (χ1n) is 9.03. The zero-order valence-corrected chi connectivity index (χ0v) is 15.1. The molecule has 0 spiro atoms. The van der Waals surface area contributed by atoms with Crippen LogP contribution in [0.25, 0.3) is 0 Å². The van der Waals surface area contributed by atoms with E-state index in [9.17, 15) is 5.11 Å². The van der Waals surface area contributed by atoms with Crippen LogP contribution in [0.2, 0.25) is 0 Å². The summed E-state index contributed by atoms with van der Waals surface area (Å²) in [6.07, 6.45) is 30.9. The first-order chi connectivity index (χ1) is 11.8. The minimum absolute atomic E-state index is 0.132. The van der Waals surface area contributed by atoms with E-state index < -0.39 is 6.10 Å². The molecule has 0 aliphatic heterocycles. The largest absolute Gasteiger partial charge is 0.396 e. The number of hydrogen-bond acceptors (Lipinski definition) is 2. The summed E-state index contributed by atoms with van der Waals surface area (Å²) in [5, 5.41) is 18.2. The van der Waals surface area contributed by atoms with Gasteiger partial charge in [-0.05, 0) is 44.9 Å². The van der Waals surface area contributed by atoms with Crippen LogP contribution in [0.1, 0.15) is 51.9 Å². The molecule has 2 N–H and O–H groups in total. The molecule has 0 aromatic carbocycles. The Kier molecular flexibility index (Phi) is 18.1. The van der Waals surface area contributed by atoms with Gasteiger partial charge in [-0.3, -0.25) is 0 Å². The third-order valence-electron chi connectivity index (χ3n) is 3.23. The van der Waals surface area contributed by atoms with Gasteiger partial charge in [-0.15, -0.1) is 0 Å². The van der Waals surface area contributed by atoms with Gasteiger partial charge in [0.05, 0.1) is 6.10 Å². The summed E-state index contributed by atoms with van der Waals surface area (Å²) in [7, 11) is 0. The second-order valence-electron chi connectivity index (χ2n) is 5.48. The highest BCUT2D eigenvalue weighted by Gasteiger charge is 1.95. The predicted octanol–water partition coefficient (Wildman–Crippen LogP) is 5.43. The van der Waals surface area contributed by atoms with E-state index in [1.54, 1.807) is 6.08 Å². The molecule has 2 nitrogen and oxygen atoms in total. The van der Waals surface area contributed by atoms with Gasteiger partial charge in [-0.1, -0.05) is 79.8 Å². The van der Waals surface area contributed by atoms with Crippen LogP contribution in [-0.4, -0.2) is 22.9 Å². The Bertz CT molecular complexity index is 425. The lowest BCUT2D eigenvalue weighted by atomic mass is 10.2. The van der Waals surface area contributed by atoms with Crippen LogP contribution in [0.3, 0.4) is 0 Å². The molecule has 0 amide bonds. The molecule has 0 rings (SSSR count). The van der Waals surface area contributed by atoms with E-state index in [0.717, 1.165) is 32.1 Å². The van der Waals surface area contributed by atoms with Gasteiger partial charge in [0.25, 0.3) is 0 Å². The summed E-state index contributed by atoms with van der Waals surface area (Å²) in [5.74, 6) is 0. The standard InChI is InChI=1S/C22H34O2/c1-2-3-4-5-6-7-8-9-10-11-12-13-14-15-16-17-19-22(24)20-18-21-23/h3-4,6-7,9-10,12-13,15-17,19,22-24H,2,5,8,11,14,18,20-21H2,1H3/b4-3-,7-6-,10-9-,13-12-,16-15-,19-17+. The first-order valence-corrected chi connectivity index (χ1v) is 9.03. The molecule has 0 bridgehead atoms. The molecular formula is C22H34O2. The van der Waals surface area contributed by atoms with Crippen molar-refractivity contribution in [1.29, 1.82) is 0 Å². The van der Waals surface area contributed by atoms with E-state index in [0.29, 0.717) is 12.8 Å². The Morgan fingerprint density at radius 2 is 1.21 bits per heavy atom. The van der Waals surface area contributed by atoms with Gasteiger partial charge in [0.2, 0.25) is 0 Å². The van der Waals surface area contributed by atoms with Gasteiger partial charge in [0.1, 0.15) is 0 Å². The summed E-state index contributed by atoms with van der Waals surface area (Å²) in [6, 6.07) is 0. The monoisotopic (exact) mass is 330 g/mol. The van der Waals surface area contributed by atoms with Crippen LogP contribution in [0.4, 0.5) is 0 Å². The van der Waals surface area contributed by atoms with Crippen molar-refractivity contribution in [2.45, 2.75) is 58.0 Å². The van der Waals surface area contributed by atoms with E-state index >= 15 is 0 Å². The molecular weight excluding hydrogens is 296 g/mol. The molecule has 2 heteroatoms. The maximum Gasteiger partial charge on any atom is 0.0724 e. The van der Waals surface area contributed by atoms with Crippen molar-refractivity contribution < 1.29 is 10.2 Å². The number of rotatable bonds is 14. The lowest BCUT2D eigenvalue weighted by Gasteiger charge is -2.01. The topological polar surface area (TPSA) is 40.5 Å². The molecule has 0 fully saturated rings. The fourth-order valence-electron chi connectivity index (χ4n) is 1.90. The van der Waals surface area contributed by atoms with Crippen molar-refractivity contribution in [1.82, 2.24) is 0 Å². The first kappa shape index (κ1) is 22.4. The van der Waals surface area contributed by atoms with Gasteiger partial charge in [-0.25, -0.2) is 0 Å². The van der Waals surface area contributed by atoms with Crippen LogP contribution in [0, 0.1) is 0 Å². The van der Waals surface area contributed by atoms with Gasteiger partial charge >= 0.3 is 0 Å². The number of aliphatic hydroxyl groups excluding tert-OH is 2. The SMILES string of the molecule is CC/C=C\C/C=C\C/C=C\C/C=C\C/C=C\C=C\C(O)CCCO. The van der Waals surface area contributed by atoms with Crippen LogP contribution in [0.5, 0.6) is 0 Å². The Morgan fingerprint density at radius 3 is 1.71 bits per heavy atom. The molecule has 0 aliphatic carbocycles. The van der Waals surface area contributed by atoms with Crippen LogP contribution in [0.15, 0.2) is 72.9 Å². The predicted molar refractivity (Wildman–Crippen MR) is 106 cm³/mol. The molecule has 0 aromatic heterocycles. The van der Waals surface area contributed by atoms with Crippen LogP contribution >= 0.6 is 0 Å². The number of aliphatic hydroxyl groups is 2. The minimum Gasteiger partial charge on any atom is -0.396 e. The molecule has 134 valence electrons. The highest BCUT2D eigenvalue weighted by atomic mass is 16.3. The summed E-state index contributed by atoms with van der Waals surface area (Å²) in [4.78, 5) is 0. The van der Waals surface area contributed by atoms with Gasteiger partial charge in [0.15, 0.2) is 0 Å². The summed E-state index contributed by atoms with van der Waals surface area (Å²) in [6.45, 7) is 2.28. The average Bonchev–Trinajstić information content (AvgIpc) is 2.59. The number of hydrogen-bond donors (Lipinski definition) is 2. The third kappa shape index (κ3) is 18.4. The van der Waals surface area contributed by atoms with Crippen molar-refractivity contribution in [3.05, 3.63) is 72.9 Å². The zero-order valence-electron chi connectivity index (χ0n) is 15.1. The Hall–Kier alpha value is -1.64. The Morgan fingerprint density at radius 1 is 0.708 bits per heavy atom. The number of allylic oxidation sites excluding steroid dienone is 11.